The van der Waals surface area contributed by atoms with Crippen molar-refractivity contribution in [3.63, 3.8) is 0 Å². The van der Waals surface area contributed by atoms with Gasteiger partial charge in [-0.05, 0) is 19.1 Å². The Balaban J connectivity index is 1.96. The summed E-state index contributed by atoms with van der Waals surface area (Å²) in [7, 11) is 1.89. The van der Waals surface area contributed by atoms with E-state index < -0.39 is 0 Å². The van der Waals surface area contributed by atoms with Gasteiger partial charge >= 0.3 is 0 Å². The number of rotatable bonds is 4. The predicted molar refractivity (Wildman–Crippen MR) is 76.4 cm³/mol. The second kappa shape index (κ2) is 6.08. The number of pyridine rings is 1. The van der Waals surface area contributed by atoms with E-state index in [0.29, 0.717) is 10.8 Å². The van der Waals surface area contributed by atoms with E-state index in [-0.39, 0.29) is 11.2 Å². The number of aryl methyl sites for hydroxylation is 1. The van der Waals surface area contributed by atoms with Crippen LogP contribution >= 0.6 is 23.4 Å². The van der Waals surface area contributed by atoms with Crippen molar-refractivity contribution < 1.29 is 4.79 Å². The van der Waals surface area contributed by atoms with E-state index in [2.05, 4.69) is 15.3 Å². The van der Waals surface area contributed by atoms with Gasteiger partial charge in [-0.2, -0.15) is 0 Å². The number of halogens is 1. The fraction of sp³-hybridized carbons (Fsp3) is 0.250. The number of carbonyl (C=O) groups is 1. The van der Waals surface area contributed by atoms with Crippen LogP contribution in [0.15, 0.2) is 35.9 Å². The molecule has 2 aromatic heterocycles. The average molecular weight is 297 g/mol. The topological polar surface area (TPSA) is 59.8 Å². The van der Waals surface area contributed by atoms with Crippen LogP contribution < -0.4 is 5.32 Å². The van der Waals surface area contributed by atoms with E-state index in [9.17, 15) is 4.79 Å². The minimum absolute atomic E-state index is 0.122. The minimum Gasteiger partial charge on any atom is -0.329 e. The largest absolute Gasteiger partial charge is 0.329 e. The number of aromatic nitrogens is 3. The monoisotopic (exact) mass is 296 g/mol. The van der Waals surface area contributed by atoms with Crippen molar-refractivity contribution >= 4 is 35.1 Å². The first kappa shape index (κ1) is 13.9. The first-order chi connectivity index (χ1) is 9.06. The molecule has 2 aromatic rings. The Hall–Kier alpha value is -1.53. The van der Waals surface area contributed by atoms with Crippen LogP contribution in [0.2, 0.25) is 5.02 Å². The van der Waals surface area contributed by atoms with E-state index in [1.807, 2.05) is 24.7 Å². The maximum atomic E-state index is 12.0. The molecule has 2 rings (SSSR count). The number of thioether (sulfide) groups is 1. The molecule has 1 amide bonds. The Morgan fingerprint density at radius 2 is 2.26 bits per heavy atom. The molecule has 1 N–H and O–H groups in total. The van der Waals surface area contributed by atoms with Gasteiger partial charge in [0.05, 0.1) is 10.3 Å². The average Bonchev–Trinajstić information content (AvgIpc) is 2.78. The molecule has 5 nitrogen and oxygen atoms in total. The number of nitrogens with one attached hydrogen (secondary N) is 1. The van der Waals surface area contributed by atoms with Crippen LogP contribution in [0.4, 0.5) is 5.82 Å². The number of hydrogen-bond donors (Lipinski definition) is 1. The Morgan fingerprint density at radius 1 is 1.47 bits per heavy atom. The highest BCUT2D eigenvalue weighted by molar-refractivity contribution is 8.00. The van der Waals surface area contributed by atoms with Crippen LogP contribution in [0.1, 0.15) is 6.92 Å². The molecule has 100 valence electrons. The van der Waals surface area contributed by atoms with Crippen LogP contribution in [0.3, 0.4) is 0 Å². The van der Waals surface area contributed by atoms with E-state index in [0.717, 1.165) is 5.16 Å². The number of hydrogen-bond acceptors (Lipinski definition) is 4. The molecular weight excluding hydrogens is 284 g/mol. The lowest BCUT2D eigenvalue weighted by Crippen LogP contribution is -2.23. The lowest BCUT2D eigenvalue weighted by molar-refractivity contribution is -0.115. The molecule has 0 unspecified atom stereocenters. The van der Waals surface area contributed by atoms with Gasteiger partial charge in [0.1, 0.15) is 5.82 Å². The summed E-state index contributed by atoms with van der Waals surface area (Å²) in [6.07, 6.45) is 5.04. The lowest BCUT2D eigenvalue weighted by atomic mass is 10.4. The first-order valence-corrected chi connectivity index (χ1v) is 6.88. The van der Waals surface area contributed by atoms with Gasteiger partial charge in [-0.25, -0.2) is 9.97 Å². The predicted octanol–water partition coefficient (Wildman–Crippen LogP) is 2.59. The lowest BCUT2D eigenvalue weighted by Gasteiger charge is -2.11. The zero-order valence-corrected chi connectivity index (χ0v) is 12.1. The summed E-state index contributed by atoms with van der Waals surface area (Å²) in [5, 5.41) is 3.80. The Bertz CT molecular complexity index is 569. The molecule has 0 saturated carbocycles. The molecule has 0 aliphatic carbocycles. The standard InChI is InChI=1S/C12H13ClN4OS/c1-8(19-12-14-5-6-17(12)2)11(18)16-10-4-3-9(13)7-15-10/h3-8H,1-2H3,(H,15,16,18)/t8-/m0/s1. The smallest absolute Gasteiger partial charge is 0.238 e. The van der Waals surface area contributed by atoms with Crippen molar-refractivity contribution in [3.05, 3.63) is 35.7 Å². The minimum atomic E-state index is -0.265. The first-order valence-electron chi connectivity index (χ1n) is 5.62. The van der Waals surface area contributed by atoms with E-state index in [1.54, 1.807) is 18.3 Å². The molecule has 0 bridgehead atoms. The third-order valence-electron chi connectivity index (χ3n) is 2.41. The van der Waals surface area contributed by atoms with Crippen molar-refractivity contribution in [2.75, 3.05) is 5.32 Å². The van der Waals surface area contributed by atoms with Crippen molar-refractivity contribution in [1.82, 2.24) is 14.5 Å². The molecule has 0 aliphatic rings. The van der Waals surface area contributed by atoms with Gasteiger partial charge in [-0.1, -0.05) is 23.4 Å². The van der Waals surface area contributed by atoms with Crippen molar-refractivity contribution in [3.8, 4) is 0 Å². The maximum Gasteiger partial charge on any atom is 0.238 e. The van der Waals surface area contributed by atoms with Gasteiger partial charge in [0, 0.05) is 25.6 Å². The van der Waals surface area contributed by atoms with Gasteiger partial charge < -0.3 is 9.88 Å². The van der Waals surface area contributed by atoms with Crippen LogP contribution in [-0.4, -0.2) is 25.7 Å². The highest BCUT2D eigenvalue weighted by Crippen LogP contribution is 2.21. The summed E-state index contributed by atoms with van der Waals surface area (Å²) in [5.41, 5.74) is 0. The van der Waals surface area contributed by atoms with Gasteiger partial charge in [0.25, 0.3) is 0 Å². The Morgan fingerprint density at radius 3 is 2.84 bits per heavy atom. The van der Waals surface area contributed by atoms with Crippen molar-refractivity contribution in [2.24, 2.45) is 7.05 Å². The maximum absolute atomic E-state index is 12.0. The van der Waals surface area contributed by atoms with Crippen LogP contribution in [0.5, 0.6) is 0 Å². The summed E-state index contributed by atoms with van der Waals surface area (Å²) in [5.74, 6) is 0.365. The molecule has 7 heteroatoms. The third-order valence-corrected chi connectivity index (χ3v) is 3.80. The molecule has 0 spiro atoms. The molecule has 2 heterocycles. The summed E-state index contributed by atoms with van der Waals surface area (Å²) < 4.78 is 1.87. The fourth-order valence-electron chi connectivity index (χ4n) is 1.35. The van der Waals surface area contributed by atoms with E-state index in [1.165, 1.54) is 18.0 Å². The number of anilines is 1. The van der Waals surface area contributed by atoms with Gasteiger partial charge in [-0.3, -0.25) is 4.79 Å². The number of amides is 1. The van der Waals surface area contributed by atoms with Crippen molar-refractivity contribution in [2.45, 2.75) is 17.3 Å². The summed E-state index contributed by atoms with van der Waals surface area (Å²) in [6.45, 7) is 1.82. The third kappa shape index (κ3) is 3.71. The highest BCUT2D eigenvalue weighted by Gasteiger charge is 2.17. The number of nitrogens with zero attached hydrogens (tertiary/aromatic N) is 3. The number of carbonyl (C=O) groups excluding carboxylic acids is 1. The summed E-state index contributed by atoms with van der Waals surface area (Å²) in [4.78, 5) is 20.2. The fourth-order valence-corrected chi connectivity index (χ4v) is 2.30. The van der Waals surface area contributed by atoms with Crippen molar-refractivity contribution in [1.29, 1.82) is 0 Å². The second-order valence-corrected chi connectivity index (χ2v) is 5.68. The Kier molecular flexibility index (Phi) is 4.44. The normalized spacial score (nSPS) is 12.2. The summed E-state index contributed by atoms with van der Waals surface area (Å²) in [6, 6.07) is 3.35. The molecule has 0 fully saturated rings. The van der Waals surface area contributed by atoms with Gasteiger partial charge in [0.2, 0.25) is 5.91 Å². The van der Waals surface area contributed by atoms with E-state index in [4.69, 9.17) is 11.6 Å². The second-order valence-electron chi connectivity index (χ2n) is 3.93. The van der Waals surface area contributed by atoms with E-state index >= 15 is 0 Å². The zero-order valence-electron chi connectivity index (χ0n) is 10.5. The highest BCUT2D eigenvalue weighted by atomic mass is 35.5. The molecule has 0 saturated heterocycles. The Labute approximate surface area is 120 Å². The molecule has 0 aliphatic heterocycles. The molecule has 1 atom stereocenters. The van der Waals surface area contributed by atoms with Crippen LogP contribution in [0, 0.1) is 0 Å². The van der Waals surface area contributed by atoms with Gasteiger partial charge in [-0.15, -0.1) is 0 Å². The molecular formula is C12H13ClN4OS. The zero-order chi connectivity index (χ0) is 13.8. The van der Waals surface area contributed by atoms with Crippen LogP contribution in [-0.2, 0) is 11.8 Å². The molecule has 0 radical (unpaired) electrons. The molecule has 19 heavy (non-hydrogen) atoms. The molecule has 0 aromatic carbocycles. The summed E-state index contributed by atoms with van der Waals surface area (Å²) >= 11 is 7.13. The SMILES string of the molecule is C[C@H](Sc1nccn1C)C(=O)Nc1ccc(Cl)cn1. The van der Waals surface area contributed by atoms with Crippen LogP contribution in [0.25, 0.3) is 0 Å². The number of imidazole rings is 1. The quantitative estimate of drug-likeness (QED) is 0.881. The van der Waals surface area contributed by atoms with Gasteiger partial charge in [0.15, 0.2) is 5.16 Å².